The van der Waals surface area contributed by atoms with Gasteiger partial charge in [-0.15, -0.1) is 11.3 Å². The fourth-order valence-corrected chi connectivity index (χ4v) is 1.87. The van der Waals surface area contributed by atoms with Crippen LogP contribution in [0.15, 0.2) is 20.9 Å². The highest BCUT2D eigenvalue weighted by molar-refractivity contribution is 9.11. The molecular formula is C6H6BrNS. The Morgan fingerprint density at radius 3 is 2.89 bits per heavy atom. The van der Waals surface area contributed by atoms with Gasteiger partial charge < -0.3 is 0 Å². The first-order chi connectivity index (χ1) is 4.33. The summed E-state index contributed by atoms with van der Waals surface area (Å²) in [5.74, 6) is 0. The van der Waals surface area contributed by atoms with E-state index in [0.717, 1.165) is 3.79 Å². The largest absolute Gasteiger partial charge is 0.295 e. The van der Waals surface area contributed by atoms with Gasteiger partial charge >= 0.3 is 0 Å². The second-order valence-electron chi connectivity index (χ2n) is 1.53. The Kier molecular flexibility index (Phi) is 2.42. The maximum atomic E-state index is 3.88. The van der Waals surface area contributed by atoms with E-state index in [9.17, 15) is 0 Å². The van der Waals surface area contributed by atoms with Crippen LogP contribution in [0.3, 0.4) is 0 Å². The predicted octanol–water partition coefficient (Wildman–Crippen LogP) is 2.56. The number of thiophene rings is 1. The Morgan fingerprint density at radius 2 is 2.44 bits per heavy atom. The lowest BCUT2D eigenvalue weighted by Gasteiger charge is -1.76. The molecule has 1 rings (SSSR count). The quantitative estimate of drug-likeness (QED) is 0.623. The van der Waals surface area contributed by atoms with Crippen LogP contribution in [0.25, 0.3) is 0 Å². The Hall–Kier alpha value is -0.150. The average Bonchev–Trinajstić information content (AvgIpc) is 2.17. The number of nitrogens with zero attached hydrogens (tertiary/aromatic N) is 1. The van der Waals surface area contributed by atoms with Gasteiger partial charge in [-0.1, -0.05) is 0 Å². The summed E-state index contributed by atoms with van der Waals surface area (Å²) in [7, 11) is 1.77. The highest BCUT2D eigenvalue weighted by atomic mass is 79.9. The molecule has 1 aromatic rings. The van der Waals surface area contributed by atoms with Crippen molar-refractivity contribution in [1.82, 2.24) is 0 Å². The molecular weight excluding hydrogens is 198 g/mol. The molecule has 0 unspecified atom stereocenters. The normalized spacial score (nSPS) is 10.9. The van der Waals surface area contributed by atoms with Crippen LogP contribution in [0.1, 0.15) is 4.88 Å². The van der Waals surface area contributed by atoms with Gasteiger partial charge in [0, 0.05) is 18.1 Å². The average molecular weight is 204 g/mol. The van der Waals surface area contributed by atoms with Gasteiger partial charge in [-0.3, -0.25) is 4.99 Å². The van der Waals surface area contributed by atoms with Crippen molar-refractivity contribution in [2.75, 3.05) is 7.05 Å². The summed E-state index contributed by atoms with van der Waals surface area (Å²) in [6.07, 6.45) is 1.84. The first-order valence-corrected chi connectivity index (χ1v) is 4.11. The minimum Gasteiger partial charge on any atom is -0.295 e. The molecule has 48 valence electrons. The molecule has 3 heteroatoms. The van der Waals surface area contributed by atoms with Gasteiger partial charge in [0.05, 0.1) is 3.79 Å². The Morgan fingerprint density at radius 1 is 1.67 bits per heavy atom. The molecule has 0 aliphatic rings. The minimum absolute atomic E-state index is 1.15. The van der Waals surface area contributed by atoms with Crippen molar-refractivity contribution in [3.63, 3.8) is 0 Å². The second-order valence-corrected chi connectivity index (χ2v) is 4.02. The fraction of sp³-hybridized carbons (Fsp3) is 0.167. The number of hydrogen-bond acceptors (Lipinski definition) is 2. The molecule has 9 heavy (non-hydrogen) atoms. The van der Waals surface area contributed by atoms with Crippen molar-refractivity contribution in [3.8, 4) is 0 Å². The van der Waals surface area contributed by atoms with E-state index >= 15 is 0 Å². The van der Waals surface area contributed by atoms with Crippen molar-refractivity contribution in [1.29, 1.82) is 0 Å². The topological polar surface area (TPSA) is 12.4 Å². The molecule has 0 aliphatic carbocycles. The van der Waals surface area contributed by atoms with Gasteiger partial charge in [-0.2, -0.15) is 0 Å². The Balaban J connectivity index is 2.85. The second kappa shape index (κ2) is 3.13. The van der Waals surface area contributed by atoms with Crippen LogP contribution in [0.2, 0.25) is 0 Å². The van der Waals surface area contributed by atoms with E-state index in [1.54, 1.807) is 18.4 Å². The van der Waals surface area contributed by atoms with Crippen LogP contribution >= 0.6 is 27.3 Å². The lowest BCUT2D eigenvalue weighted by Crippen LogP contribution is -1.66. The molecule has 1 heterocycles. The van der Waals surface area contributed by atoms with E-state index in [4.69, 9.17) is 0 Å². The van der Waals surface area contributed by atoms with Crippen molar-refractivity contribution >= 4 is 33.5 Å². The molecule has 0 spiro atoms. The number of rotatable bonds is 1. The SMILES string of the molecule is C/N=C/c1ccc(Br)s1. The lowest BCUT2D eigenvalue weighted by atomic mass is 10.5. The minimum atomic E-state index is 1.15. The van der Waals surface area contributed by atoms with E-state index < -0.39 is 0 Å². The summed E-state index contributed by atoms with van der Waals surface area (Å²) < 4.78 is 1.15. The van der Waals surface area contributed by atoms with Crippen LogP contribution in [0.4, 0.5) is 0 Å². The molecule has 0 fully saturated rings. The molecule has 0 amide bonds. The molecule has 1 nitrogen and oxygen atoms in total. The summed E-state index contributed by atoms with van der Waals surface area (Å²) in [5, 5.41) is 0. The zero-order chi connectivity index (χ0) is 6.69. The standard InChI is InChI=1S/C6H6BrNS/c1-8-4-5-2-3-6(7)9-5/h2-4H,1H3/b8-4+. The van der Waals surface area contributed by atoms with Crippen molar-refractivity contribution in [3.05, 3.63) is 20.8 Å². The third-order valence-corrected chi connectivity index (χ3v) is 2.41. The van der Waals surface area contributed by atoms with Crippen LogP contribution in [0.5, 0.6) is 0 Å². The van der Waals surface area contributed by atoms with Gasteiger partial charge in [-0.05, 0) is 28.1 Å². The van der Waals surface area contributed by atoms with Gasteiger partial charge in [-0.25, -0.2) is 0 Å². The van der Waals surface area contributed by atoms with Crippen molar-refractivity contribution < 1.29 is 0 Å². The Bertz CT molecular complexity index is 217. The molecule has 0 atom stereocenters. The summed E-state index contributed by atoms with van der Waals surface area (Å²) >= 11 is 5.04. The van der Waals surface area contributed by atoms with Crippen LogP contribution in [-0.2, 0) is 0 Å². The molecule has 0 aromatic carbocycles. The van der Waals surface area contributed by atoms with Crippen LogP contribution in [-0.4, -0.2) is 13.3 Å². The zero-order valence-corrected chi connectivity index (χ0v) is 7.37. The number of aliphatic imine (C=N–C) groups is 1. The van der Waals surface area contributed by atoms with Gasteiger partial charge in [0.15, 0.2) is 0 Å². The number of halogens is 1. The number of hydrogen-bond donors (Lipinski definition) is 0. The van der Waals surface area contributed by atoms with Gasteiger partial charge in [0.1, 0.15) is 0 Å². The Labute approximate surface area is 66.6 Å². The molecule has 1 aromatic heterocycles. The maximum Gasteiger partial charge on any atom is 0.0705 e. The summed E-state index contributed by atoms with van der Waals surface area (Å²) in [5.41, 5.74) is 0. The van der Waals surface area contributed by atoms with E-state index in [0.29, 0.717) is 0 Å². The first kappa shape index (κ1) is 6.96. The monoisotopic (exact) mass is 203 g/mol. The van der Waals surface area contributed by atoms with Crippen LogP contribution in [0, 0.1) is 0 Å². The summed E-state index contributed by atoms with van der Waals surface area (Å²) in [6, 6.07) is 4.05. The third-order valence-electron chi connectivity index (χ3n) is 0.850. The van der Waals surface area contributed by atoms with Gasteiger partial charge in [0.25, 0.3) is 0 Å². The molecule has 0 N–H and O–H groups in total. The summed E-state index contributed by atoms with van der Waals surface area (Å²) in [4.78, 5) is 5.07. The van der Waals surface area contributed by atoms with Crippen LogP contribution < -0.4 is 0 Å². The molecule has 0 radical (unpaired) electrons. The third kappa shape index (κ3) is 1.91. The fourth-order valence-electron chi connectivity index (χ4n) is 0.525. The van der Waals surface area contributed by atoms with Crippen molar-refractivity contribution in [2.24, 2.45) is 4.99 Å². The summed E-state index contributed by atoms with van der Waals surface area (Å²) in [6.45, 7) is 0. The molecule has 0 saturated heterocycles. The first-order valence-electron chi connectivity index (χ1n) is 2.50. The highest BCUT2D eigenvalue weighted by Gasteiger charge is 1.90. The zero-order valence-electron chi connectivity index (χ0n) is 4.97. The van der Waals surface area contributed by atoms with E-state index in [2.05, 4.69) is 20.9 Å². The van der Waals surface area contributed by atoms with E-state index in [1.165, 1.54) is 4.88 Å². The van der Waals surface area contributed by atoms with Gasteiger partial charge in [0.2, 0.25) is 0 Å². The molecule has 0 bridgehead atoms. The predicted molar refractivity (Wildman–Crippen MR) is 45.5 cm³/mol. The van der Waals surface area contributed by atoms with E-state index in [1.807, 2.05) is 18.3 Å². The maximum absolute atomic E-state index is 3.88. The highest BCUT2D eigenvalue weighted by Crippen LogP contribution is 2.20. The molecule has 0 saturated carbocycles. The van der Waals surface area contributed by atoms with Crippen molar-refractivity contribution in [2.45, 2.75) is 0 Å². The van der Waals surface area contributed by atoms with E-state index in [-0.39, 0.29) is 0 Å². The lowest BCUT2D eigenvalue weighted by molar-refractivity contribution is 1.47. The smallest absolute Gasteiger partial charge is 0.0705 e. The molecule has 0 aliphatic heterocycles.